The third-order valence-corrected chi connectivity index (χ3v) is 2.90. The minimum absolute atomic E-state index is 0.124. The molecule has 0 unspecified atom stereocenters. The Morgan fingerprint density at radius 2 is 2.10 bits per heavy atom. The van der Waals surface area contributed by atoms with Crippen molar-refractivity contribution in [3.8, 4) is 0 Å². The van der Waals surface area contributed by atoms with E-state index in [1.807, 2.05) is 30.1 Å². The minimum Gasteiger partial charge on any atom is -0.478 e. The van der Waals surface area contributed by atoms with E-state index in [9.17, 15) is 9.18 Å². The molecule has 0 saturated heterocycles. The first kappa shape index (κ1) is 14.1. The first-order chi connectivity index (χ1) is 9.56. The molecular formula is C15H15FN2O2. The van der Waals surface area contributed by atoms with Gasteiger partial charge in [-0.05, 0) is 42.9 Å². The number of halogens is 1. The predicted molar refractivity (Wildman–Crippen MR) is 72.8 cm³/mol. The lowest BCUT2D eigenvalue weighted by Crippen LogP contribution is -2.19. The molecule has 1 heterocycles. The van der Waals surface area contributed by atoms with Crippen molar-refractivity contribution in [3.63, 3.8) is 0 Å². The van der Waals surface area contributed by atoms with Crippen LogP contribution in [-0.2, 0) is 13.1 Å². The number of aromatic nitrogens is 1. The monoisotopic (exact) mass is 274 g/mol. The van der Waals surface area contributed by atoms with Gasteiger partial charge in [-0.15, -0.1) is 0 Å². The summed E-state index contributed by atoms with van der Waals surface area (Å²) in [7, 11) is 1.84. The van der Waals surface area contributed by atoms with E-state index >= 15 is 0 Å². The molecule has 20 heavy (non-hydrogen) atoms. The topological polar surface area (TPSA) is 53.4 Å². The number of carbonyl (C=O) groups is 1. The Balaban J connectivity index is 2.13. The van der Waals surface area contributed by atoms with Gasteiger partial charge in [-0.25, -0.2) is 9.18 Å². The van der Waals surface area contributed by atoms with Gasteiger partial charge in [0.15, 0.2) is 0 Å². The van der Waals surface area contributed by atoms with Crippen LogP contribution >= 0.6 is 0 Å². The number of benzene rings is 1. The molecule has 0 atom stereocenters. The summed E-state index contributed by atoms with van der Waals surface area (Å²) in [4.78, 5) is 17.2. The van der Waals surface area contributed by atoms with Gasteiger partial charge in [0.05, 0.1) is 11.3 Å². The van der Waals surface area contributed by atoms with Crippen LogP contribution in [0.3, 0.4) is 0 Å². The number of hydrogen-bond acceptors (Lipinski definition) is 3. The zero-order chi connectivity index (χ0) is 14.5. The maximum absolute atomic E-state index is 13.3. The molecule has 5 heteroatoms. The van der Waals surface area contributed by atoms with E-state index in [1.165, 1.54) is 12.1 Å². The lowest BCUT2D eigenvalue weighted by Gasteiger charge is -2.17. The average molecular weight is 274 g/mol. The molecule has 0 saturated carbocycles. The van der Waals surface area contributed by atoms with Crippen LogP contribution in [0.25, 0.3) is 0 Å². The molecule has 0 spiro atoms. The van der Waals surface area contributed by atoms with E-state index in [-0.39, 0.29) is 5.56 Å². The molecule has 1 N–H and O–H groups in total. The highest BCUT2D eigenvalue weighted by Crippen LogP contribution is 2.14. The van der Waals surface area contributed by atoms with Crippen molar-refractivity contribution in [2.75, 3.05) is 7.05 Å². The van der Waals surface area contributed by atoms with Gasteiger partial charge < -0.3 is 5.11 Å². The van der Waals surface area contributed by atoms with Gasteiger partial charge in [-0.2, -0.15) is 0 Å². The van der Waals surface area contributed by atoms with Crippen LogP contribution in [0.1, 0.15) is 21.6 Å². The highest BCUT2D eigenvalue weighted by Gasteiger charge is 2.13. The molecular weight excluding hydrogens is 259 g/mol. The number of hydrogen-bond donors (Lipinski definition) is 1. The summed E-state index contributed by atoms with van der Waals surface area (Å²) >= 11 is 0. The summed E-state index contributed by atoms with van der Waals surface area (Å²) in [6.07, 6.45) is 1.70. The van der Waals surface area contributed by atoms with E-state index in [4.69, 9.17) is 5.11 Å². The van der Waals surface area contributed by atoms with Gasteiger partial charge >= 0.3 is 5.97 Å². The fourth-order valence-electron chi connectivity index (χ4n) is 2.02. The van der Waals surface area contributed by atoms with E-state index in [0.717, 1.165) is 11.8 Å². The van der Waals surface area contributed by atoms with Gasteiger partial charge in [0.2, 0.25) is 0 Å². The van der Waals surface area contributed by atoms with Gasteiger partial charge in [0.1, 0.15) is 5.82 Å². The van der Waals surface area contributed by atoms with Crippen molar-refractivity contribution in [3.05, 3.63) is 65.2 Å². The van der Waals surface area contributed by atoms with Gasteiger partial charge in [-0.1, -0.05) is 6.07 Å². The molecule has 0 aliphatic heterocycles. The quantitative estimate of drug-likeness (QED) is 0.910. The van der Waals surface area contributed by atoms with Crippen LogP contribution in [-0.4, -0.2) is 28.0 Å². The van der Waals surface area contributed by atoms with Crippen LogP contribution in [0.15, 0.2) is 42.6 Å². The van der Waals surface area contributed by atoms with Crippen molar-refractivity contribution in [2.24, 2.45) is 0 Å². The Bertz CT molecular complexity index is 602. The molecule has 2 rings (SSSR count). The van der Waals surface area contributed by atoms with E-state index < -0.39 is 11.8 Å². The number of nitrogens with zero attached hydrogens (tertiary/aromatic N) is 2. The third kappa shape index (κ3) is 3.61. The molecule has 4 nitrogen and oxygen atoms in total. The van der Waals surface area contributed by atoms with Crippen molar-refractivity contribution in [1.29, 1.82) is 0 Å². The molecule has 0 radical (unpaired) electrons. The Labute approximate surface area is 116 Å². The summed E-state index contributed by atoms with van der Waals surface area (Å²) < 4.78 is 13.3. The van der Waals surface area contributed by atoms with Gasteiger partial charge in [0, 0.05) is 19.3 Å². The normalized spacial score (nSPS) is 10.8. The van der Waals surface area contributed by atoms with Crippen molar-refractivity contribution in [1.82, 2.24) is 9.88 Å². The first-order valence-electron chi connectivity index (χ1n) is 6.16. The van der Waals surface area contributed by atoms with E-state index in [0.29, 0.717) is 18.7 Å². The Morgan fingerprint density at radius 1 is 1.30 bits per heavy atom. The summed E-state index contributed by atoms with van der Waals surface area (Å²) in [6, 6.07) is 9.32. The average Bonchev–Trinajstić information content (AvgIpc) is 2.39. The first-order valence-corrected chi connectivity index (χ1v) is 6.16. The highest BCUT2D eigenvalue weighted by molar-refractivity contribution is 5.89. The molecule has 0 bridgehead atoms. The number of rotatable bonds is 5. The largest absolute Gasteiger partial charge is 0.478 e. The van der Waals surface area contributed by atoms with E-state index in [2.05, 4.69) is 4.98 Å². The zero-order valence-electron chi connectivity index (χ0n) is 11.1. The van der Waals surface area contributed by atoms with Crippen molar-refractivity contribution >= 4 is 5.97 Å². The third-order valence-electron chi connectivity index (χ3n) is 2.90. The molecule has 0 aliphatic rings. The molecule has 1 aromatic heterocycles. The highest BCUT2D eigenvalue weighted by atomic mass is 19.1. The summed E-state index contributed by atoms with van der Waals surface area (Å²) in [5, 5.41) is 9.11. The SMILES string of the molecule is CN(Cc1ccccn1)Cc1cc(F)ccc1C(=O)O. The number of aromatic carboxylic acids is 1. The fraction of sp³-hybridized carbons (Fsp3) is 0.200. The Kier molecular flexibility index (Phi) is 4.42. The lowest BCUT2D eigenvalue weighted by atomic mass is 10.1. The van der Waals surface area contributed by atoms with Crippen LogP contribution < -0.4 is 0 Å². The minimum atomic E-state index is -1.05. The second-order valence-electron chi connectivity index (χ2n) is 4.60. The molecule has 0 aliphatic carbocycles. The standard InChI is InChI=1S/C15H15FN2O2/c1-18(10-13-4-2-3-7-17-13)9-11-8-12(16)5-6-14(11)15(19)20/h2-8H,9-10H2,1H3,(H,19,20). The molecule has 0 amide bonds. The number of pyridine rings is 1. The van der Waals surface area contributed by atoms with Gasteiger partial charge in [-0.3, -0.25) is 9.88 Å². The summed E-state index contributed by atoms with van der Waals surface area (Å²) in [5.41, 5.74) is 1.46. The maximum atomic E-state index is 13.3. The molecule has 1 aromatic carbocycles. The predicted octanol–water partition coefficient (Wildman–Crippen LogP) is 2.55. The van der Waals surface area contributed by atoms with Crippen molar-refractivity contribution < 1.29 is 14.3 Å². The number of carboxylic acid groups (broad SMARTS) is 1. The second kappa shape index (κ2) is 6.25. The number of carboxylic acids is 1. The van der Waals surface area contributed by atoms with Crippen LogP contribution in [0.2, 0.25) is 0 Å². The molecule has 2 aromatic rings. The summed E-state index contributed by atoms with van der Waals surface area (Å²) in [5.74, 6) is -1.48. The Hall–Kier alpha value is -2.27. The lowest BCUT2D eigenvalue weighted by molar-refractivity contribution is 0.0694. The Morgan fingerprint density at radius 3 is 2.75 bits per heavy atom. The summed E-state index contributed by atoms with van der Waals surface area (Å²) in [6.45, 7) is 0.909. The van der Waals surface area contributed by atoms with Gasteiger partial charge in [0.25, 0.3) is 0 Å². The molecule has 0 fully saturated rings. The van der Waals surface area contributed by atoms with Crippen LogP contribution in [0.4, 0.5) is 4.39 Å². The van der Waals surface area contributed by atoms with Crippen molar-refractivity contribution in [2.45, 2.75) is 13.1 Å². The van der Waals surface area contributed by atoms with E-state index in [1.54, 1.807) is 6.20 Å². The van der Waals surface area contributed by atoms with Crippen LogP contribution in [0, 0.1) is 5.82 Å². The fourth-order valence-corrected chi connectivity index (χ4v) is 2.02. The maximum Gasteiger partial charge on any atom is 0.336 e. The second-order valence-corrected chi connectivity index (χ2v) is 4.60. The zero-order valence-corrected chi connectivity index (χ0v) is 11.1. The molecule has 104 valence electrons. The smallest absolute Gasteiger partial charge is 0.336 e. The van der Waals surface area contributed by atoms with Crippen LogP contribution in [0.5, 0.6) is 0 Å².